The van der Waals surface area contributed by atoms with Crippen molar-refractivity contribution in [1.29, 1.82) is 0 Å². The van der Waals surface area contributed by atoms with Crippen LogP contribution < -0.4 is 0 Å². The molecule has 1 aliphatic rings. The van der Waals surface area contributed by atoms with Gasteiger partial charge in [-0.25, -0.2) is 0 Å². The average molecular weight is 198 g/mol. The average Bonchev–Trinajstić information content (AvgIpc) is 2.18. The SMILES string of the molecule is CC(=O)N1CCN(C(=O)CC=O)CC1. The van der Waals surface area contributed by atoms with Gasteiger partial charge in [0.1, 0.15) is 6.29 Å². The molecule has 78 valence electrons. The van der Waals surface area contributed by atoms with E-state index in [4.69, 9.17) is 0 Å². The van der Waals surface area contributed by atoms with Crippen LogP contribution in [0.2, 0.25) is 0 Å². The fourth-order valence-electron chi connectivity index (χ4n) is 1.47. The highest BCUT2D eigenvalue weighted by molar-refractivity contribution is 5.88. The summed E-state index contributed by atoms with van der Waals surface area (Å²) in [5, 5.41) is 0. The van der Waals surface area contributed by atoms with Crippen LogP contribution in [-0.4, -0.2) is 54.1 Å². The molecule has 0 bridgehead atoms. The maximum atomic E-state index is 11.3. The molecule has 1 rings (SSSR count). The lowest BCUT2D eigenvalue weighted by molar-refractivity contribution is -0.139. The lowest BCUT2D eigenvalue weighted by atomic mass is 10.3. The van der Waals surface area contributed by atoms with Gasteiger partial charge in [0.15, 0.2) is 0 Å². The molecule has 0 saturated carbocycles. The van der Waals surface area contributed by atoms with E-state index in [0.29, 0.717) is 32.5 Å². The van der Waals surface area contributed by atoms with Gasteiger partial charge in [0, 0.05) is 33.1 Å². The first-order valence-electron chi connectivity index (χ1n) is 4.62. The lowest BCUT2D eigenvalue weighted by Gasteiger charge is -2.33. The van der Waals surface area contributed by atoms with Crippen molar-refractivity contribution in [3.05, 3.63) is 0 Å². The van der Waals surface area contributed by atoms with Gasteiger partial charge < -0.3 is 14.6 Å². The van der Waals surface area contributed by atoms with Crippen molar-refractivity contribution in [3.8, 4) is 0 Å². The third kappa shape index (κ3) is 2.55. The highest BCUT2D eigenvalue weighted by atomic mass is 16.2. The van der Waals surface area contributed by atoms with Crippen molar-refractivity contribution in [2.75, 3.05) is 26.2 Å². The second-order valence-corrected chi connectivity index (χ2v) is 3.26. The van der Waals surface area contributed by atoms with E-state index in [9.17, 15) is 14.4 Å². The standard InChI is InChI=1S/C9H14N2O3/c1-8(13)10-3-5-11(6-4-10)9(14)2-7-12/h7H,2-6H2,1H3. The molecular weight excluding hydrogens is 184 g/mol. The summed E-state index contributed by atoms with van der Waals surface area (Å²) in [6.07, 6.45) is 0.555. The molecule has 1 aliphatic heterocycles. The number of piperazine rings is 1. The Morgan fingerprint density at radius 2 is 1.64 bits per heavy atom. The molecule has 2 amide bonds. The molecule has 0 radical (unpaired) electrons. The summed E-state index contributed by atoms with van der Waals surface area (Å²) in [6, 6.07) is 0. The summed E-state index contributed by atoms with van der Waals surface area (Å²) >= 11 is 0. The predicted octanol–water partition coefficient (Wildman–Crippen LogP) is -0.734. The summed E-state index contributed by atoms with van der Waals surface area (Å²) in [4.78, 5) is 35.7. The van der Waals surface area contributed by atoms with E-state index >= 15 is 0 Å². The van der Waals surface area contributed by atoms with Crippen molar-refractivity contribution in [2.45, 2.75) is 13.3 Å². The molecule has 0 aliphatic carbocycles. The summed E-state index contributed by atoms with van der Waals surface area (Å²) in [7, 11) is 0. The number of carbonyl (C=O) groups excluding carboxylic acids is 3. The zero-order chi connectivity index (χ0) is 10.6. The van der Waals surface area contributed by atoms with E-state index in [1.54, 1.807) is 9.80 Å². The molecule has 0 atom stereocenters. The molecule has 0 spiro atoms. The van der Waals surface area contributed by atoms with Crippen LogP contribution in [0, 0.1) is 0 Å². The van der Waals surface area contributed by atoms with Crippen LogP contribution in [0.1, 0.15) is 13.3 Å². The smallest absolute Gasteiger partial charge is 0.229 e. The van der Waals surface area contributed by atoms with Gasteiger partial charge >= 0.3 is 0 Å². The zero-order valence-corrected chi connectivity index (χ0v) is 8.23. The minimum atomic E-state index is -0.150. The van der Waals surface area contributed by atoms with Gasteiger partial charge in [-0.15, -0.1) is 0 Å². The van der Waals surface area contributed by atoms with Gasteiger partial charge in [-0.1, -0.05) is 0 Å². The van der Waals surface area contributed by atoms with E-state index in [1.807, 2.05) is 0 Å². The third-order valence-electron chi connectivity index (χ3n) is 2.34. The van der Waals surface area contributed by atoms with Crippen LogP contribution >= 0.6 is 0 Å². The molecule has 1 fully saturated rings. The number of amides is 2. The first-order valence-corrected chi connectivity index (χ1v) is 4.62. The minimum absolute atomic E-state index is 0.0347. The molecule has 5 heteroatoms. The number of nitrogens with zero attached hydrogens (tertiary/aromatic N) is 2. The summed E-state index contributed by atoms with van der Waals surface area (Å²) in [5.74, 6) is -0.115. The molecule has 0 aromatic heterocycles. The monoisotopic (exact) mass is 198 g/mol. The number of hydrogen-bond donors (Lipinski definition) is 0. The van der Waals surface area contributed by atoms with Crippen molar-refractivity contribution in [2.24, 2.45) is 0 Å². The van der Waals surface area contributed by atoms with Crippen molar-refractivity contribution in [1.82, 2.24) is 9.80 Å². The molecule has 0 aromatic rings. The molecule has 0 N–H and O–H groups in total. The number of carbonyl (C=O) groups is 3. The lowest BCUT2D eigenvalue weighted by Crippen LogP contribution is -2.50. The summed E-state index contributed by atoms with van der Waals surface area (Å²) < 4.78 is 0. The maximum Gasteiger partial charge on any atom is 0.229 e. The van der Waals surface area contributed by atoms with Crippen molar-refractivity contribution < 1.29 is 14.4 Å². The maximum absolute atomic E-state index is 11.3. The molecule has 5 nitrogen and oxygen atoms in total. The molecule has 0 unspecified atom stereocenters. The Balaban J connectivity index is 2.38. The molecular formula is C9H14N2O3. The Labute approximate surface area is 82.7 Å². The molecule has 1 saturated heterocycles. The predicted molar refractivity (Wildman–Crippen MR) is 49.5 cm³/mol. The molecule has 14 heavy (non-hydrogen) atoms. The van der Waals surface area contributed by atoms with Gasteiger partial charge in [-0.3, -0.25) is 9.59 Å². The number of aldehydes is 1. The first-order chi connectivity index (χ1) is 6.65. The fourth-order valence-corrected chi connectivity index (χ4v) is 1.47. The Kier molecular flexibility index (Phi) is 3.62. The molecule has 0 aromatic carbocycles. The van der Waals surface area contributed by atoms with Crippen LogP contribution in [0.4, 0.5) is 0 Å². The largest absolute Gasteiger partial charge is 0.339 e. The Morgan fingerprint density at radius 3 is 2.07 bits per heavy atom. The Morgan fingerprint density at radius 1 is 1.14 bits per heavy atom. The minimum Gasteiger partial charge on any atom is -0.339 e. The van der Waals surface area contributed by atoms with Gasteiger partial charge in [0.25, 0.3) is 0 Å². The second kappa shape index (κ2) is 4.74. The van der Waals surface area contributed by atoms with Crippen molar-refractivity contribution in [3.63, 3.8) is 0 Å². The molecule has 1 heterocycles. The fraction of sp³-hybridized carbons (Fsp3) is 0.667. The quantitative estimate of drug-likeness (QED) is 0.434. The van der Waals surface area contributed by atoms with E-state index in [-0.39, 0.29) is 18.2 Å². The Bertz CT molecular complexity index is 244. The van der Waals surface area contributed by atoms with Gasteiger partial charge in [0.2, 0.25) is 11.8 Å². The van der Waals surface area contributed by atoms with E-state index < -0.39 is 0 Å². The second-order valence-electron chi connectivity index (χ2n) is 3.26. The van der Waals surface area contributed by atoms with Crippen LogP contribution in [0.3, 0.4) is 0 Å². The van der Waals surface area contributed by atoms with Crippen LogP contribution in [0.25, 0.3) is 0 Å². The van der Waals surface area contributed by atoms with Gasteiger partial charge in [-0.05, 0) is 0 Å². The first kappa shape index (κ1) is 10.7. The van der Waals surface area contributed by atoms with E-state index in [0.717, 1.165) is 0 Å². The number of rotatable bonds is 2. The highest BCUT2D eigenvalue weighted by Crippen LogP contribution is 2.03. The van der Waals surface area contributed by atoms with Crippen molar-refractivity contribution >= 4 is 18.1 Å². The van der Waals surface area contributed by atoms with Gasteiger partial charge in [0.05, 0.1) is 6.42 Å². The van der Waals surface area contributed by atoms with Crippen LogP contribution in [-0.2, 0) is 14.4 Å². The van der Waals surface area contributed by atoms with Crippen LogP contribution in [0.5, 0.6) is 0 Å². The Hall–Kier alpha value is -1.39. The van der Waals surface area contributed by atoms with Crippen LogP contribution in [0.15, 0.2) is 0 Å². The summed E-state index contributed by atoms with van der Waals surface area (Å²) in [6.45, 7) is 3.72. The van der Waals surface area contributed by atoms with E-state index in [1.165, 1.54) is 6.92 Å². The highest BCUT2D eigenvalue weighted by Gasteiger charge is 2.21. The van der Waals surface area contributed by atoms with E-state index in [2.05, 4.69) is 0 Å². The van der Waals surface area contributed by atoms with Gasteiger partial charge in [-0.2, -0.15) is 0 Å². The summed E-state index contributed by atoms with van der Waals surface area (Å²) in [5.41, 5.74) is 0. The topological polar surface area (TPSA) is 57.7 Å². The third-order valence-corrected chi connectivity index (χ3v) is 2.34. The zero-order valence-electron chi connectivity index (χ0n) is 8.23. The number of hydrogen-bond acceptors (Lipinski definition) is 3. The normalized spacial score (nSPS) is 16.6.